The van der Waals surface area contributed by atoms with E-state index in [2.05, 4.69) is 32.9 Å². The topological polar surface area (TPSA) is 0 Å². The van der Waals surface area contributed by atoms with E-state index in [0.29, 0.717) is 5.92 Å². The largest absolute Gasteiger partial charge is 0.120 e. The van der Waals surface area contributed by atoms with Crippen molar-refractivity contribution in [3.05, 3.63) is 12.2 Å². The van der Waals surface area contributed by atoms with Gasteiger partial charge in [-0.2, -0.15) is 0 Å². The van der Waals surface area contributed by atoms with Crippen molar-refractivity contribution in [3.63, 3.8) is 0 Å². The molecule has 0 aliphatic carbocycles. The molecule has 0 aliphatic heterocycles. The van der Waals surface area contributed by atoms with Crippen LogP contribution in [0.4, 0.5) is 0 Å². The van der Waals surface area contributed by atoms with E-state index >= 15 is 0 Å². The summed E-state index contributed by atoms with van der Waals surface area (Å²) >= 11 is 6.03. The molecule has 10 heavy (non-hydrogen) atoms. The minimum absolute atomic E-state index is 0.0566. The average Bonchev–Trinajstić information content (AvgIpc) is 1.59. The molecular weight excluding hydrogens is 144 g/mol. The first-order chi connectivity index (χ1) is 4.45. The zero-order valence-corrected chi connectivity index (χ0v) is 8.07. The van der Waals surface area contributed by atoms with Gasteiger partial charge in [-0.05, 0) is 33.1 Å². The normalized spacial score (nSPS) is 16.1. The van der Waals surface area contributed by atoms with Gasteiger partial charge in [0.1, 0.15) is 0 Å². The first kappa shape index (κ1) is 10.0. The van der Waals surface area contributed by atoms with Crippen LogP contribution in [0.25, 0.3) is 0 Å². The minimum atomic E-state index is -0.0566. The van der Waals surface area contributed by atoms with Crippen LogP contribution in [0.5, 0.6) is 0 Å². The Bertz CT molecular complexity index is 108. The first-order valence-electron chi connectivity index (χ1n) is 3.77. The molecule has 0 aromatic rings. The van der Waals surface area contributed by atoms with Crippen LogP contribution in [0.2, 0.25) is 0 Å². The third-order valence-electron chi connectivity index (χ3n) is 1.33. The molecule has 0 saturated heterocycles. The predicted molar refractivity (Wildman–Crippen MR) is 48.5 cm³/mol. The molecule has 60 valence electrons. The molecule has 0 heterocycles. The van der Waals surface area contributed by atoms with Gasteiger partial charge in [0.05, 0.1) is 0 Å². The third-order valence-corrected chi connectivity index (χ3v) is 1.48. The van der Waals surface area contributed by atoms with Crippen LogP contribution < -0.4 is 0 Å². The highest BCUT2D eigenvalue weighted by atomic mass is 35.5. The van der Waals surface area contributed by atoms with E-state index in [1.54, 1.807) is 0 Å². The molecule has 0 saturated carbocycles. The highest BCUT2D eigenvalue weighted by Gasteiger charge is 2.15. The number of allylic oxidation sites excluding steroid dienone is 2. The summed E-state index contributed by atoms with van der Waals surface area (Å²) in [5, 5.41) is 0. The van der Waals surface area contributed by atoms with Gasteiger partial charge in [0.25, 0.3) is 0 Å². The van der Waals surface area contributed by atoms with Gasteiger partial charge in [-0.3, -0.25) is 0 Å². The van der Waals surface area contributed by atoms with Crippen LogP contribution in [0.3, 0.4) is 0 Å². The van der Waals surface area contributed by atoms with Crippen LogP contribution in [-0.4, -0.2) is 4.87 Å². The monoisotopic (exact) mass is 160 g/mol. The van der Waals surface area contributed by atoms with Crippen LogP contribution in [0.1, 0.15) is 34.1 Å². The zero-order valence-electron chi connectivity index (χ0n) is 7.32. The van der Waals surface area contributed by atoms with Gasteiger partial charge in [0, 0.05) is 4.87 Å². The summed E-state index contributed by atoms with van der Waals surface area (Å²) in [6, 6.07) is 0. The first-order valence-corrected chi connectivity index (χ1v) is 4.15. The molecular formula is C9H17Cl. The quantitative estimate of drug-likeness (QED) is 0.437. The van der Waals surface area contributed by atoms with Gasteiger partial charge in [-0.1, -0.05) is 19.1 Å². The number of alkyl halides is 1. The maximum absolute atomic E-state index is 6.03. The Balaban J connectivity index is 3.68. The molecule has 1 atom stereocenters. The summed E-state index contributed by atoms with van der Waals surface area (Å²) < 4.78 is 0. The summed E-state index contributed by atoms with van der Waals surface area (Å²) in [5.74, 6) is 0.595. The number of rotatable bonds is 3. The summed E-state index contributed by atoms with van der Waals surface area (Å²) in [7, 11) is 0. The second-order valence-electron chi connectivity index (χ2n) is 3.43. The fourth-order valence-corrected chi connectivity index (χ4v) is 1.41. The Kier molecular flexibility index (Phi) is 4.04. The highest BCUT2D eigenvalue weighted by molar-refractivity contribution is 6.23. The van der Waals surface area contributed by atoms with Crippen LogP contribution >= 0.6 is 11.6 Å². The summed E-state index contributed by atoms with van der Waals surface area (Å²) in [6.07, 6.45) is 5.30. The lowest BCUT2D eigenvalue weighted by Gasteiger charge is -2.18. The lowest BCUT2D eigenvalue weighted by atomic mass is 9.98. The Morgan fingerprint density at radius 1 is 1.50 bits per heavy atom. The van der Waals surface area contributed by atoms with Crippen LogP contribution in [0, 0.1) is 5.92 Å². The highest BCUT2D eigenvalue weighted by Crippen LogP contribution is 2.23. The van der Waals surface area contributed by atoms with Gasteiger partial charge >= 0.3 is 0 Å². The minimum Gasteiger partial charge on any atom is -0.120 e. The van der Waals surface area contributed by atoms with Crippen LogP contribution in [0.15, 0.2) is 12.2 Å². The molecule has 0 aromatic heterocycles. The molecule has 0 aliphatic rings. The molecule has 0 fully saturated rings. The van der Waals surface area contributed by atoms with Gasteiger partial charge in [-0.25, -0.2) is 0 Å². The summed E-state index contributed by atoms with van der Waals surface area (Å²) in [6.45, 7) is 8.32. The number of halogens is 1. The van der Waals surface area contributed by atoms with Gasteiger partial charge < -0.3 is 0 Å². The Labute approximate surface area is 69.3 Å². The lowest BCUT2D eigenvalue weighted by molar-refractivity contribution is 0.533. The Hall–Kier alpha value is 0.0300. The van der Waals surface area contributed by atoms with E-state index in [9.17, 15) is 0 Å². The van der Waals surface area contributed by atoms with Crippen molar-refractivity contribution >= 4 is 11.6 Å². The molecule has 0 radical (unpaired) electrons. The molecule has 0 rings (SSSR count). The molecule has 1 unspecified atom stereocenters. The Morgan fingerprint density at radius 2 is 2.00 bits per heavy atom. The molecule has 0 bridgehead atoms. The predicted octanol–water partition coefficient (Wildman–Crippen LogP) is 3.61. The smallest absolute Gasteiger partial charge is 0.0396 e. The second kappa shape index (κ2) is 4.02. The van der Waals surface area contributed by atoms with E-state index in [4.69, 9.17) is 11.6 Å². The second-order valence-corrected chi connectivity index (χ2v) is 4.45. The molecule has 0 aromatic carbocycles. The Morgan fingerprint density at radius 3 is 2.30 bits per heavy atom. The lowest BCUT2D eigenvalue weighted by Crippen LogP contribution is -2.13. The van der Waals surface area contributed by atoms with E-state index in [0.717, 1.165) is 6.42 Å². The number of hydrogen-bond acceptors (Lipinski definition) is 0. The van der Waals surface area contributed by atoms with E-state index in [1.807, 2.05) is 6.92 Å². The van der Waals surface area contributed by atoms with Crippen molar-refractivity contribution in [2.75, 3.05) is 0 Å². The molecule has 0 N–H and O–H groups in total. The third kappa shape index (κ3) is 6.15. The van der Waals surface area contributed by atoms with E-state index in [-0.39, 0.29) is 4.87 Å². The SMILES string of the molecule is CC=CC(C)CC(C)(C)Cl. The molecule has 1 heteroatoms. The number of hydrogen-bond donors (Lipinski definition) is 0. The maximum Gasteiger partial charge on any atom is 0.0396 e. The van der Waals surface area contributed by atoms with Crippen molar-refractivity contribution in [1.82, 2.24) is 0 Å². The standard InChI is InChI=1S/C9H17Cl/c1-5-6-8(2)7-9(3,4)10/h5-6,8H,7H2,1-4H3. The van der Waals surface area contributed by atoms with E-state index < -0.39 is 0 Å². The molecule has 0 nitrogen and oxygen atoms in total. The van der Waals surface area contributed by atoms with Crippen molar-refractivity contribution < 1.29 is 0 Å². The van der Waals surface area contributed by atoms with Gasteiger partial charge in [-0.15, -0.1) is 11.6 Å². The fourth-order valence-electron chi connectivity index (χ4n) is 1.16. The molecule has 0 spiro atoms. The van der Waals surface area contributed by atoms with Crippen molar-refractivity contribution in [3.8, 4) is 0 Å². The van der Waals surface area contributed by atoms with Gasteiger partial charge in [0.2, 0.25) is 0 Å². The van der Waals surface area contributed by atoms with Gasteiger partial charge in [0.15, 0.2) is 0 Å². The summed E-state index contributed by atoms with van der Waals surface area (Å²) in [4.78, 5) is -0.0566. The van der Waals surface area contributed by atoms with E-state index in [1.165, 1.54) is 0 Å². The maximum atomic E-state index is 6.03. The van der Waals surface area contributed by atoms with Crippen molar-refractivity contribution in [1.29, 1.82) is 0 Å². The zero-order chi connectivity index (χ0) is 8.20. The fraction of sp³-hybridized carbons (Fsp3) is 0.778. The summed E-state index contributed by atoms with van der Waals surface area (Å²) in [5.41, 5.74) is 0. The van der Waals surface area contributed by atoms with Crippen molar-refractivity contribution in [2.24, 2.45) is 5.92 Å². The van der Waals surface area contributed by atoms with Crippen molar-refractivity contribution in [2.45, 2.75) is 39.0 Å². The van der Waals surface area contributed by atoms with Crippen LogP contribution in [-0.2, 0) is 0 Å². The molecule has 0 amide bonds. The average molecular weight is 161 g/mol.